The van der Waals surface area contributed by atoms with Gasteiger partial charge in [-0.25, -0.2) is 0 Å². The van der Waals surface area contributed by atoms with Gasteiger partial charge in [0.05, 0.1) is 5.60 Å². The van der Waals surface area contributed by atoms with E-state index >= 15 is 0 Å². The van der Waals surface area contributed by atoms with Gasteiger partial charge in [0.25, 0.3) is 0 Å². The van der Waals surface area contributed by atoms with Crippen molar-refractivity contribution in [3.05, 3.63) is 0 Å². The van der Waals surface area contributed by atoms with E-state index in [2.05, 4.69) is 13.8 Å². The van der Waals surface area contributed by atoms with Gasteiger partial charge in [-0.1, -0.05) is 0 Å². The summed E-state index contributed by atoms with van der Waals surface area (Å²) in [5, 5.41) is 10.6. The van der Waals surface area contributed by atoms with E-state index in [9.17, 15) is 5.11 Å². The van der Waals surface area contributed by atoms with E-state index in [1.54, 1.807) is 0 Å². The number of aliphatic hydroxyl groups is 1. The van der Waals surface area contributed by atoms with Gasteiger partial charge in [0.15, 0.2) is 0 Å². The molecular weight excluding hydrogens is 172 g/mol. The highest BCUT2D eigenvalue weighted by Crippen LogP contribution is 2.70. The highest BCUT2D eigenvalue weighted by Gasteiger charge is 2.66. The first-order valence-corrected chi connectivity index (χ1v) is 6.29. The first kappa shape index (κ1) is 9.21. The molecular formula is C13H22O. The molecule has 1 N–H and O–H groups in total. The van der Waals surface area contributed by atoms with Crippen LogP contribution in [-0.2, 0) is 0 Å². The second kappa shape index (κ2) is 2.55. The molecule has 3 fully saturated rings. The van der Waals surface area contributed by atoms with E-state index in [1.807, 2.05) is 0 Å². The molecule has 3 aliphatic rings. The van der Waals surface area contributed by atoms with Crippen molar-refractivity contribution in [2.75, 3.05) is 0 Å². The lowest BCUT2D eigenvalue weighted by molar-refractivity contribution is -0.0994. The molecule has 0 radical (unpaired) electrons. The fourth-order valence-corrected chi connectivity index (χ4v) is 4.18. The van der Waals surface area contributed by atoms with Crippen molar-refractivity contribution in [3.63, 3.8) is 0 Å². The van der Waals surface area contributed by atoms with Crippen LogP contribution >= 0.6 is 0 Å². The van der Waals surface area contributed by atoms with Gasteiger partial charge < -0.3 is 5.11 Å². The van der Waals surface area contributed by atoms with E-state index in [4.69, 9.17) is 0 Å². The molecule has 0 aliphatic heterocycles. The third-order valence-corrected chi connectivity index (χ3v) is 4.82. The Morgan fingerprint density at radius 2 is 1.07 bits per heavy atom. The van der Waals surface area contributed by atoms with Crippen molar-refractivity contribution in [2.24, 2.45) is 23.2 Å². The van der Waals surface area contributed by atoms with Gasteiger partial charge in [-0.05, 0) is 70.1 Å². The topological polar surface area (TPSA) is 20.2 Å². The summed E-state index contributed by atoms with van der Waals surface area (Å²) in [6.45, 7) is 4.14. The molecule has 0 spiro atoms. The molecule has 0 aromatic heterocycles. The Morgan fingerprint density at radius 3 is 1.21 bits per heavy atom. The summed E-state index contributed by atoms with van der Waals surface area (Å²) in [7, 11) is 0. The zero-order valence-corrected chi connectivity index (χ0v) is 9.42. The monoisotopic (exact) mass is 194 g/mol. The van der Waals surface area contributed by atoms with Crippen LogP contribution in [0.1, 0.15) is 52.4 Å². The Labute approximate surface area is 86.9 Å². The molecule has 3 aliphatic carbocycles. The van der Waals surface area contributed by atoms with Crippen LogP contribution < -0.4 is 0 Å². The van der Waals surface area contributed by atoms with Crippen LogP contribution in [-0.4, -0.2) is 10.7 Å². The lowest BCUT2D eigenvalue weighted by Gasteiger charge is -2.45. The fourth-order valence-electron chi connectivity index (χ4n) is 4.18. The molecule has 1 nitrogen and oxygen atoms in total. The summed E-state index contributed by atoms with van der Waals surface area (Å²) in [4.78, 5) is 0. The average molecular weight is 194 g/mol. The van der Waals surface area contributed by atoms with E-state index < -0.39 is 5.60 Å². The fraction of sp³-hybridized carbons (Fsp3) is 1.00. The van der Waals surface area contributed by atoms with Gasteiger partial charge in [0, 0.05) is 5.41 Å². The van der Waals surface area contributed by atoms with E-state index in [0.717, 1.165) is 17.8 Å². The zero-order valence-electron chi connectivity index (χ0n) is 9.42. The molecule has 0 aromatic carbocycles. The van der Waals surface area contributed by atoms with Crippen molar-refractivity contribution in [1.29, 1.82) is 0 Å². The van der Waals surface area contributed by atoms with Crippen molar-refractivity contribution >= 4 is 0 Å². The second-order valence-corrected chi connectivity index (χ2v) is 6.31. The highest BCUT2D eigenvalue weighted by atomic mass is 16.3. The number of hydrogen-bond acceptors (Lipinski definition) is 1. The Balaban J connectivity index is 1.96. The number of rotatable bonds is 4. The Kier molecular flexibility index (Phi) is 1.68. The second-order valence-electron chi connectivity index (χ2n) is 6.31. The van der Waals surface area contributed by atoms with Crippen molar-refractivity contribution in [2.45, 2.75) is 58.0 Å². The maximum absolute atomic E-state index is 10.6. The molecule has 14 heavy (non-hydrogen) atoms. The van der Waals surface area contributed by atoms with Gasteiger partial charge in [0.2, 0.25) is 0 Å². The van der Waals surface area contributed by atoms with E-state index in [1.165, 1.54) is 38.5 Å². The van der Waals surface area contributed by atoms with Gasteiger partial charge in [-0.15, -0.1) is 0 Å². The van der Waals surface area contributed by atoms with Crippen LogP contribution in [0.25, 0.3) is 0 Å². The predicted octanol–water partition coefficient (Wildman–Crippen LogP) is 2.97. The molecule has 3 rings (SSSR count). The minimum atomic E-state index is -0.434. The molecule has 0 atom stereocenters. The van der Waals surface area contributed by atoms with Gasteiger partial charge in [-0.2, -0.15) is 0 Å². The van der Waals surface area contributed by atoms with Gasteiger partial charge in [0.1, 0.15) is 0 Å². The van der Waals surface area contributed by atoms with Crippen LogP contribution in [0.2, 0.25) is 0 Å². The first-order chi connectivity index (χ1) is 6.57. The summed E-state index contributed by atoms with van der Waals surface area (Å²) in [5.41, 5.74) is -0.108. The van der Waals surface area contributed by atoms with Crippen molar-refractivity contribution in [3.8, 4) is 0 Å². The first-order valence-electron chi connectivity index (χ1n) is 6.29. The minimum absolute atomic E-state index is 0.326. The quantitative estimate of drug-likeness (QED) is 0.729. The van der Waals surface area contributed by atoms with Crippen LogP contribution in [0.5, 0.6) is 0 Å². The summed E-state index contributed by atoms with van der Waals surface area (Å²) in [6.07, 6.45) is 8.32. The third-order valence-electron chi connectivity index (χ3n) is 4.82. The lowest BCUT2D eigenvalue weighted by Crippen LogP contribution is -2.49. The zero-order chi connectivity index (χ0) is 9.97. The molecule has 0 bridgehead atoms. The molecule has 0 heterocycles. The molecule has 1 heteroatoms. The summed E-state index contributed by atoms with van der Waals surface area (Å²) in [6, 6.07) is 0. The maximum atomic E-state index is 10.6. The Hall–Kier alpha value is -0.0400. The normalized spacial score (nSPS) is 29.4. The van der Waals surface area contributed by atoms with Crippen LogP contribution in [0.3, 0.4) is 0 Å². The van der Waals surface area contributed by atoms with Crippen molar-refractivity contribution in [1.82, 2.24) is 0 Å². The van der Waals surface area contributed by atoms with E-state index in [-0.39, 0.29) is 0 Å². The summed E-state index contributed by atoms with van der Waals surface area (Å²) >= 11 is 0. The van der Waals surface area contributed by atoms with Crippen LogP contribution in [0.15, 0.2) is 0 Å². The highest BCUT2D eigenvalue weighted by molar-refractivity contribution is 5.15. The van der Waals surface area contributed by atoms with Crippen molar-refractivity contribution < 1.29 is 5.11 Å². The Morgan fingerprint density at radius 1 is 0.786 bits per heavy atom. The van der Waals surface area contributed by atoms with Crippen LogP contribution in [0, 0.1) is 23.2 Å². The molecule has 80 valence electrons. The standard InChI is InChI=1S/C13H22O/c1-12(2,14)13(9-3-4-9,10-5-6-10)11-7-8-11/h9-11,14H,3-8H2,1-2H3. The van der Waals surface area contributed by atoms with Gasteiger partial charge >= 0.3 is 0 Å². The summed E-state index contributed by atoms with van der Waals surface area (Å²) in [5.74, 6) is 2.59. The van der Waals surface area contributed by atoms with E-state index in [0.29, 0.717) is 5.41 Å². The molecule has 0 aromatic rings. The molecule has 3 saturated carbocycles. The largest absolute Gasteiger partial charge is 0.390 e. The molecule has 0 unspecified atom stereocenters. The SMILES string of the molecule is CC(C)(O)C(C1CC1)(C1CC1)C1CC1. The lowest BCUT2D eigenvalue weighted by atomic mass is 9.63. The smallest absolute Gasteiger partial charge is 0.0655 e. The maximum Gasteiger partial charge on any atom is 0.0655 e. The van der Waals surface area contributed by atoms with Gasteiger partial charge in [-0.3, -0.25) is 0 Å². The van der Waals surface area contributed by atoms with Crippen LogP contribution in [0.4, 0.5) is 0 Å². The predicted molar refractivity (Wildman–Crippen MR) is 56.9 cm³/mol. The summed E-state index contributed by atoms with van der Waals surface area (Å²) < 4.78 is 0. The third kappa shape index (κ3) is 1.11. The molecule has 0 amide bonds. The minimum Gasteiger partial charge on any atom is -0.390 e. The average Bonchev–Trinajstić information content (AvgIpc) is 2.94. The Bertz CT molecular complexity index is 207. The number of hydrogen-bond donors (Lipinski definition) is 1. The molecule has 0 saturated heterocycles.